The lowest BCUT2D eigenvalue weighted by Crippen LogP contribution is -2.43. The first kappa shape index (κ1) is 20.7. The van der Waals surface area contributed by atoms with Gasteiger partial charge in [-0.15, -0.1) is 35.3 Å². The van der Waals surface area contributed by atoms with Crippen molar-refractivity contribution < 1.29 is 4.74 Å². The Kier molecular flexibility index (Phi) is 10.1. The maximum absolute atomic E-state index is 5.49. The third-order valence-corrected chi connectivity index (χ3v) is 4.52. The monoisotopic (exact) mass is 452 g/mol. The molecular weight excluding hydrogens is 423 g/mol. The molecule has 7 heteroatoms. The molecule has 2 N–H and O–H groups in total. The number of nitrogens with one attached hydrogen (secondary N) is 2. The molecule has 1 aromatic heterocycles. The van der Waals surface area contributed by atoms with Crippen LogP contribution in [-0.2, 0) is 4.74 Å². The lowest BCUT2D eigenvalue weighted by molar-refractivity contribution is 0.0186. The molecule has 0 amide bonds. The van der Waals surface area contributed by atoms with E-state index in [1.165, 1.54) is 4.88 Å². The van der Waals surface area contributed by atoms with Crippen molar-refractivity contribution in [2.75, 3.05) is 39.4 Å². The number of rotatable bonds is 6. The van der Waals surface area contributed by atoms with Gasteiger partial charge >= 0.3 is 0 Å². The van der Waals surface area contributed by atoms with Gasteiger partial charge < -0.3 is 15.4 Å². The van der Waals surface area contributed by atoms with E-state index in [0.29, 0.717) is 12.1 Å². The van der Waals surface area contributed by atoms with Crippen molar-refractivity contribution in [1.29, 1.82) is 0 Å². The lowest BCUT2D eigenvalue weighted by atomic mass is 10.2. The molecule has 0 aliphatic carbocycles. The SMILES string of the molecule is CCNC(=NCC(c1cccs1)N1CCOCC1)NC(C)C.I. The molecule has 2 rings (SSSR count). The van der Waals surface area contributed by atoms with Crippen LogP contribution >= 0.6 is 35.3 Å². The van der Waals surface area contributed by atoms with Crippen LogP contribution in [0, 0.1) is 0 Å². The first-order chi connectivity index (χ1) is 10.7. The highest BCUT2D eigenvalue weighted by atomic mass is 127. The summed E-state index contributed by atoms with van der Waals surface area (Å²) in [6.07, 6.45) is 0. The first-order valence-electron chi connectivity index (χ1n) is 8.10. The van der Waals surface area contributed by atoms with Gasteiger partial charge in [-0.2, -0.15) is 0 Å². The van der Waals surface area contributed by atoms with Gasteiger partial charge in [0.1, 0.15) is 0 Å². The van der Waals surface area contributed by atoms with Crippen molar-refractivity contribution in [3.8, 4) is 0 Å². The summed E-state index contributed by atoms with van der Waals surface area (Å²) in [7, 11) is 0. The van der Waals surface area contributed by atoms with Gasteiger partial charge in [-0.1, -0.05) is 6.07 Å². The summed E-state index contributed by atoms with van der Waals surface area (Å²) < 4.78 is 5.49. The fraction of sp³-hybridized carbons (Fsp3) is 0.688. The minimum absolute atomic E-state index is 0. The number of ether oxygens (including phenoxy) is 1. The molecule has 0 saturated carbocycles. The maximum Gasteiger partial charge on any atom is 0.191 e. The van der Waals surface area contributed by atoms with E-state index >= 15 is 0 Å². The largest absolute Gasteiger partial charge is 0.379 e. The van der Waals surface area contributed by atoms with Crippen LogP contribution in [0.15, 0.2) is 22.5 Å². The van der Waals surface area contributed by atoms with E-state index < -0.39 is 0 Å². The summed E-state index contributed by atoms with van der Waals surface area (Å²) >= 11 is 1.81. The molecule has 132 valence electrons. The summed E-state index contributed by atoms with van der Waals surface area (Å²) in [5.41, 5.74) is 0. The first-order valence-corrected chi connectivity index (χ1v) is 8.98. The molecule has 1 fully saturated rings. The Hall–Kier alpha value is -0.380. The standard InChI is InChI=1S/C16H28N4OS.HI/c1-4-17-16(19-13(2)3)18-12-14(15-6-5-11-22-15)20-7-9-21-10-8-20;/h5-6,11,13-14H,4,7-10,12H2,1-3H3,(H2,17,18,19);1H. The molecule has 1 aromatic rings. The van der Waals surface area contributed by atoms with E-state index in [2.05, 4.69) is 53.8 Å². The molecule has 1 unspecified atom stereocenters. The molecule has 2 heterocycles. The van der Waals surface area contributed by atoms with Crippen LogP contribution in [0.1, 0.15) is 31.7 Å². The van der Waals surface area contributed by atoms with Crippen molar-refractivity contribution in [3.63, 3.8) is 0 Å². The summed E-state index contributed by atoms with van der Waals surface area (Å²) in [6.45, 7) is 11.6. The normalized spacial score (nSPS) is 17.7. The predicted molar refractivity (Wildman–Crippen MR) is 109 cm³/mol. The van der Waals surface area contributed by atoms with Gasteiger partial charge in [0.25, 0.3) is 0 Å². The van der Waals surface area contributed by atoms with Gasteiger partial charge in [-0.3, -0.25) is 9.89 Å². The van der Waals surface area contributed by atoms with E-state index in [4.69, 9.17) is 9.73 Å². The van der Waals surface area contributed by atoms with Gasteiger partial charge in [-0.05, 0) is 32.2 Å². The Balaban J connectivity index is 0.00000264. The highest BCUT2D eigenvalue weighted by molar-refractivity contribution is 14.0. The number of morpholine rings is 1. The maximum atomic E-state index is 5.49. The third kappa shape index (κ3) is 6.94. The van der Waals surface area contributed by atoms with Crippen molar-refractivity contribution in [1.82, 2.24) is 15.5 Å². The molecule has 0 aromatic carbocycles. The van der Waals surface area contributed by atoms with E-state index in [-0.39, 0.29) is 24.0 Å². The van der Waals surface area contributed by atoms with Crippen LogP contribution in [0.3, 0.4) is 0 Å². The Morgan fingerprint density at radius 2 is 2.13 bits per heavy atom. The van der Waals surface area contributed by atoms with E-state index in [1.54, 1.807) is 0 Å². The van der Waals surface area contributed by atoms with Crippen molar-refractivity contribution >= 4 is 41.3 Å². The molecular formula is C16H29IN4OS. The average Bonchev–Trinajstić information content (AvgIpc) is 3.02. The second-order valence-corrected chi connectivity index (χ2v) is 6.68. The van der Waals surface area contributed by atoms with Gasteiger partial charge in [0.15, 0.2) is 5.96 Å². The fourth-order valence-corrected chi connectivity index (χ4v) is 3.38. The van der Waals surface area contributed by atoms with Crippen LogP contribution in [0.25, 0.3) is 0 Å². The second-order valence-electron chi connectivity index (χ2n) is 5.70. The van der Waals surface area contributed by atoms with Crippen LogP contribution in [-0.4, -0.2) is 56.3 Å². The third-order valence-electron chi connectivity index (χ3n) is 3.55. The molecule has 1 atom stereocenters. The Morgan fingerprint density at radius 3 is 2.70 bits per heavy atom. The number of aliphatic imine (C=N–C) groups is 1. The molecule has 0 bridgehead atoms. The number of halogens is 1. The highest BCUT2D eigenvalue weighted by Gasteiger charge is 2.23. The number of hydrogen-bond acceptors (Lipinski definition) is 4. The number of nitrogens with zero attached hydrogens (tertiary/aromatic N) is 2. The molecule has 5 nitrogen and oxygen atoms in total. The van der Waals surface area contributed by atoms with Gasteiger partial charge in [0, 0.05) is 30.6 Å². The summed E-state index contributed by atoms with van der Waals surface area (Å²) in [6, 6.07) is 5.05. The zero-order valence-electron chi connectivity index (χ0n) is 14.2. The topological polar surface area (TPSA) is 48.9 Å². The number of guanidine groups is 1. The van der Waals surface area contributed by atoms with Gasteiger partial charge in [-0.25, -0.2) is 0 Å². The zero-order valence-corrected chi connectivity index (χ0v) is 17.4. The quantitative estimate of drug-likeness (QED) is 0.396. The molecule has 1 aliphatic heterocycles. The lowest BCUT2D eigenvalue weighted by Gasteiger charge is -2.33. The van der Waals surface area contributed by atoms with Crippen molar-refractivity contribution in [2.45, 2.75) is 32.9 Å². The van der Waals surface area contributed by atoms with Crippen LogP contribution in [0.2, 0.25) is 0 Å². The van der Waals surface area contributed by atoms with Gasteiger partial charge in [0.2, 0.25) is 0 Å². The zero-order chi connectivity index (χ0) is 15.8. The highest BCUT2D eigenvalue weighted by Crippen LogP contribution is 2.26. The Labute approximate surface area is 160 Å². The molecule has 0 radical (unpaired) electrons. The molecule has 1 saturated heterocycles. The molecule has 1 aliphatic rings. The molecule has 0 spiro atoms. The number of thiophene rings is 1. The van der Waals surface area contributed by atoms with E-state index in [0.717, 1.165) is 45.4 Å². The molecule has 23 heavy (non-hydrogen) atoms. The second kappa shape index (κ2) is 11.2. The Morgan fingerprint density at radius 1 is 1.39 bits per heavy atom. The van der Waals surface area contributed by atoms with Crippen LogP contribution in [0.5, 0.6) is 0 Å². The summed E-state index contributed by atoms with van der Waals surface area (Å²) in [4.78, 5) is 8.67. The predicted octanol–water partition coefficient (Wildman–Crippen LogP) is 2.70. The van der Waals surface area contributed by atoms with Crippen molar-refractivity contribution in [3.05, 3.63) is 22.4 Å². The minimum atomic E-state index is 0. The van der Waals surface area contributed by atoms with E-state index in [9.17, 15) is 0 Å². The van der Waals surface area contributed by atoms with Crippen LogP contribution in [0.4, 0.5) is 0 Å². The smallest absolute Gasteiger partial charge is 0.191 e. The summed E-state index contributed by atoms with van der Waals surface area (Å²) in [5, 5.41) is 8.84. The fourth-order valence-electron chi connectivity index (χ4n) is 2.53. The van der Waals surface area contributed by atoms with E-state index in [1.807, 2.05) is 11.3 Å². The minimum Gasteiger partial charge on any atom is -0.379 e. The average molecular weight is 452 g/mol. The summed E-state index contributed by atoms with van der Waals surface area (Å²) in [5.74, 6) is 0.896. The van der Waals surface area contributed by atoms with Crippen LogP contribution < -0.4 is 10.6 Å². The van der Waals surface area contributed by atoms with Gasteiger partial charge in [0.05, 0.1) is 25.8 Å². The van der Waals surface area contributed by atoms with Crippen molar-refractivity contribution in [2.24, 2.45) is 4.99 Å². The Bertz CT molecular complexity index is 447. The number of hydrogen-bond donors (Lipinski definition) is 2.